The van der Waals surface area contributed by atoms with Crippen molar-refractivity contribution in [3.05, 3.63) is 65.9 Å². The number of nitrogens with zero attached hydrogens (tertiary/aromatic N) is 2. The van der Waals surface area contributed by atoms with E-state index < -0.39 is 0 Å². The fourth-order valence-electron chi connectivity index (χ4n) is 1.72. The molecule has 1 N–H and O–H groups in total. The molecular weight excluding hydrogens is 270 g/mol. The van der Waals surface area contributed by atoms with Gasteiger partial charge in [-0.1, -0.05) is 30.3 Å². The van der Waals surface area contributed by atoms with Crippen LogP contribution in [0.3, 0.4) is 0 Å². The molecule has 5 heteroatoms. The van der Waals surface area contributed by atoms with Gasteiger partial charge < -0.3 is 5.32 Å². The van der Waals surface area contributed by atoms with Crippen LogP contribution in [0, 0.1) is 0 Å². The molecule has 3 aromatic rings. The van der Waals surface area contributed by atoms with Gasteiger partial charge in [-0.25, -0.2) is 4.98 Å². The Bertz CT molecular complexity index is 710. The Morgan fingerprint density at radius 1 is 1.10 bits per heavy atom. The average molecular weight is 281 g/mol. The molecule has 1 amide bonds. The minimum atomic E-state index is -0.226. The van der Waals surface area contributed by atoms with E-state index in [0.717, 1.165) is 10.6 Å². The summed E-state index contributed by atoms with van der Waals surface area (Å²) in [6.45, 7) is 0. The first-order valence-corrected chi connectivity index (χ1v) is 6.93. The van der Waals surface area contributed by atoms with E-state index in [-0.39, 0.29) is 5.91 Å². The van der Waals surface area contributed by atoms with Crippen LogP contribution in [-0.4, -0.2) is 15.9 Å². The van der Waals surface area contributed by atoms with Gasteiger partial charge in [-0.15, -0.1) is 11.3 Å². The molecule has 0 fully saturated rings. The van der Waals surface area contributed by atoms with Gasteiger partial charge in [0.1, 0.15) is 10.7 Å². The highest BCUT2D eigenvalue weighted by molar-refractivity contribution is 7.13. The van der Waals surface area contributed by atoms with Crippen molar-refractivity contribution in [3.63, 3.8) is 0 Å². The van der Waals surface area contributed by atoms with Gasteiger partial charge in [0.25, 0.3) is 5.91 Å². The fourth-order valence-corrected chi connectivity index (χ4v) is 2.53. The second-order valence-electron chi connectivity index (χ2n) is 4.10. The molecule has 2 aromatic heterocycles. The fraction of sp³-hybridized carbons (Fsp3) is 0. The third kappa shape index (κ3) is 2.73. The van der Waals surface area contributed by atoms with Crippen LogP contribution in [0.5, 0.6) is 0 Å². The van der Waals surface area contributed by atoms with Crippen molar-refractivity contribution in [1.29, 1.82) is 0 Å². The lowest BCUT2D eigenvalue weighted by Crippen LogP contribution is -2.12. The van der Waals surface area contributed by atoms with Crippen LogP contribution < -0.4 is 5.32 Å². The summed E-state index contributed by atoms with van der Waals surface area (Å²) in [4.78, 5) is 20.4. The number of thiazole rings is 1. The molecular formula is C15H11N3OS. The molecule has 1 aromatic carbocycles. The van der Waals surface area contributed by atoms with E-state index in [0.29, 0.717) is 11.4 Å². The topological polar surface area (TPSA) is 54.9 Å². The average Bonchev–Trinajstić information content (AvgIpc) is 2.99. The molecule has 4 nitrogen and oxygen atoms in total. The predicted molar refractivity (Wildman–Crippen MR) is 79.7 cm³/mol. The van der Waals surface area contributed by atoms with Gasteiger partial charge >= 0.3 is 0 Å². The molecule has 0 spiro atoms. The van der Waals surface area contributed by atoms with Crippen molar-refractivity contribution in [1.82, 2.24) is 9.97 Å². The smallest absolute Gasteiger partial charge is 0.275 e. The van der Waals surface area contributed by atoms with Crippen LogP contribution >= 0.6 is 11.3 Å². The zero-order valence-electron chi connectivity index (χ0n) is 10.5. The third-order valence-electron chi connectivity index (χ3n) is 2.68. The second-order valence-corrected chi connectivity index (χ2v) is 4.96. The first kappa shape index (κ1) is 12.5. The van der Waals surface area contributed by atoms with Crippen molar-refractivity contribution in [2.24, 2.45) is 0 Å². The number of hydrogen-bond donors (Lipinski definition) is 1. The van der Waals surface area contributed by atoms with E-state index in [2.05, 4.69) is 15.3 Å². The summed E-state index contributed by atoms with van der Waals surface area (Å²) in [6, 6.07) is 13.4. The Morgan fingerprint density at radius 2 is 1.95 bits per heavy atom. The lowest BCUT2D eigenvalue weighted by atomic mass is 10.2. The monoisotopic (exact) mass is 281 g/mol. The molecule has 0 aliphatic rings. The van der Waals surface area contributed by atoms with Crippen molar-refractivity contribution >= 4 is 22.9 Å². The molecule has 0 aliphatic heterocycles. The van der Waals surface area contributed by atoms with Gasteiger partial charge in [0.05, 0.1) is 11.9 Å². The number of amides is 1. The van der Waals surface area contributed by atoms with Crippen molar-refractivity contribution in [2.75, 3.05) is 5.32 Å². The molecule has 0 saturated heterocycles. The number of anilines is 1. The summed E-state index contributed by atoms with van der Waals surface area (Å²) in [7, 11) is 0. The largest absolute Gasteiger partial charge is 0.319 e. The summed E-state index contributed by atoms with van der Waals surface area (Å²) >= 11 is 1.45. The molecule has 0 saturated carbocycles. The van der Waals surface area contributed by atoms with Crippen LogP contribution in [0.2, 0.25) is 0 Å². The highest BCUT2D eigenvalue weighted by Gasteiger charge is 2.11. The van der Waals surface area contributed by atoms with Gasteiger partial charge in [-0.3, -0.25) is 9.78 Å². The minimum absolute atomic E-state index is 0.226. The van der Waals surface area contributed by atoms with Gasteiger partial charge in [-0.2, -0.15) is 0 Å². The summed E-state index contributed by atoms with van der Waals surface area (Å²) in [5, 5.41) is 5.36. The number of pyridine rings is 1. The number of aromatic nitrogens is 2. The molecule has 98 valence electrons. The van der Waals surface area contributed by atoms with Crippen molar-refractivity contribution < 1.29 is 4.79 Å². The molecule has 0 unspecified atom stereocenters. The summed E-state index contributed by atoms with van der Waals surface area (Å²) in [5.41, 5.74) is 2.09. The maximum Gasteiger partial charge on any atom is 0.275 e. The molecule has 0 atom stereocenters. The van der Waals surface area contributed by atoms with Gasteiger partial charge in [0, 0.05) is 17.1 Å². The Hall–Kier alpha value is -2.53. The number of carbonyl (C=O) groups is 1. The van der Waals surface area contributed by atoms with E-state index in [9.17, 15) is 4.79 Å². The maximum absolute atomic E-state index is 12.1. The maximum atomic E-state index is 12.1. The molecule has 3 rings (SSSR count). The second kappa shape index (κ2) is 5.63. The Balaban J connectivity index is 1.79. The quantitative estimate of drug-likeness (QED) is 0.800. The minimum Gasteiger partial charge on any atom is -0.319 e. The van der Waals surface area contributed by atoms with Crippen LogP contribution in [0.1, 0.15) is 10.5 Å². The third-order valence-corrected chi connectivity index (χ3v) is 3.57. The zero-order chi connectivity index (χ0) is 13.8. The summed E-state index contributed by atoms with van der Waals surface area (Å²) in [6.07, 6.45) is 3.26. The van der Waals surface area contributed by atoms with E-state index in [1.54, 1.807) is 29.9 Å². The summed E-state index contributed by atoms with van der Waals surface area (Å²) in [5.74, 6) is -0.226. The van der Waals surface area contributed by atoms with Gasteiger partial charge in [0.2, 0.25) is 0 Å². The van der Waals surface area contributed by atoms with Gasteiger partial charge in [0.15, 0.2) is 0 Å². The van der Waals surface area contributed by atoms with Crippen LogP contribution in [0.25, 0.3) is 10.6 Å². The lowest BCUT2D eigenvalue weighted by molar-refractivity contribution is 0.102. The molecule has 0 radical (unpaired) electrons. The lowest BCUT2D eigenvalue weighted by Gasteiger charge is -2.01. The number of benzene rings is 1. The standard InChI is InChI=1S/C15H11N3OS/c19-14(17-12-7-4-8-16-9-12)13-10-20-15(18-13)11-5-2-1-3-6-11/h1-10H,(H,17,19). The summed E-state index contributed by atoms with van der Waals surface area (Å²) < 4.78 is 0. The number of rotatable bonds is 3. The van der Waals surface area contributed by atoms with E-state index in [1.165, 1.54) is 11.3 Å². The Morgan fingerprint density at radius 3 is 2.70 bits per heavy atom. The Labute approximate surface area is 120 Å². The van der Waals surface area contributed by atoms with E-state index >= 15 is 0 Å². The molecule has 0 aliphatic carbocycles. The van der Waals surface area contributed by atoms with Crippen molar-refractivity contribution in [2.45, 2.75) is 0 Å². The van der Waals surface area contributed by atoms with E-state index in [4.69, 9.17) is 0 Å². The number of carbonyl (C=O) groups excluding carboxylic acids is 1. The predicted octanol–water partition coefficient (Wildman–Crippen LogP) is 3.46. The first-order valence-electron chi connectivity index (χ1n) is 6.05. The normalized spacial score (nSPS) is 10.2. The van der Waals surface area contributed by atoms with Crippen LogP contribution in [0.15, 0.2) is 60.2 Å². The SMILES string of the molecule is O=C(Nc1cccnc1)c1csc(-c2ccccc2)n1. The number of hydrogen-bond acceptors (Lipinski definition) is 4. The molecule has 0 bridgehead atoms. The number of nitrogens with one attached hydrogen (secondary N) is 1. The molecule has 20 heavy (non-hydrogen) atoms. The zero-order valence-corrected chi connectivity index (χ0v) is 11.3. The van der Waals surface area contributed by atoms with Crippen LogP contribution in [0.4, 0.5) is 5.69 Å². The first-order chi connectivity index (χ1) is 9.83. The van der Waals surface area contributed by atoms with E-state index in [1.807, 2.05) is 30.3 Å². The van der Waals surface area contributed by atoms with Crippen LogP contribution in [-0.2, 0) is 0 Å². The highest BCUT2D eigenvalue weighted by atomic mass is 32.1. The Kier molecular flexibility index (Phi) is 3.52. The molecule has 2 heterocycles. The highest BCUT2D eigenvalue weighted by Crippen LogP contribution is 2.23. The van der Waals surface area contributed by atoms with Crippen molar-refractivity contribution in [3.8, 4) is 10.6 Å². The van der Waals surface area contributed by atoms with Gasteiger partial charge in [-0.05, 0) is 12.1 Å².